The average molecular weight is 337 g/mol. The number of benzene rings is 2. The van der Waals surface area contributed by atoms with Gasteiger partial charge >= 0.3 is 0 Å². The predicted octanol–water partition coefficient (Wildman–Crippen LogP) is 3.06. The molecule has 1 aliphatic heterocycles. The molecule has 0 bridgehead atoms. The lowest BCUT2D eigenvalue weighted by Gasteiger charge is -2.18. The van der Waals surface area contributed by atoms with E-state index in [2.05, 4.69) is 10.3 Å². The van der Waals surface area contributed by atoms with Gasteiger partial charge in [0.05, 0.1) is 17.4 Å². The summed E-state index contributed by atoms with van der Waals surface area (Å²) in [7, 11) is 0. The van der Waals surface area contributed by atoms with Crippen LogP contribution in [0.5, 0.6) is 11.5 Å². The van der Waals surface area contributed by atoms with E-state index in [0.29, 0.717) is 24.7 Å². The fourth-order valence-corrected chi connectivity index (χ4v) is 3.02. The summed E-state index contributed by atoms with van der Waals surface area (Å²) in [5, 5.41) is 2.96. The Morgan fingerprint density at radius 1 is 1.16 bits per heavy atom. The SMILES string of the molecule is Cc1ccc(NC(=O)Cn2cnc3cc4c(cc32)OCCO4)c(C)c1. The molecule has 1 amide bonds. The maximum Gasteiger partial charge on any atom is 0.244 e. The summed E-state index contributed by atoms with van der Waals surface area (Å²) < 4.78 is 13.0. The van der Waals surface area contributed by atoms with Crippen LogP contribution in [-0.4, -0.2) is 28.7 Å². The van der Waals surface area contributed by atoms with Gasteiger partial charge in [-0.15, -0.1) is 0 Å². The van der Waals surface area contributed by atoms with Gasteiger partial charge in [-0.25, -0.2) is 4.98 Å². The largest absolute Gasteiger partial charge is 0.486 e. The van der Waals surface area contributed by atoms with Crippen molar-refractivity contribution in [1.29, 1.82) is 0 Å². The molecule has 6 nitrogen and oxygen atoms in total. The third-order valence-electron chi connectivity index (χ3n) is 4.25. The fraction of sp³-hybridized carbons (Fsp3) is 0.263. The molecule has 0 saturated carbocycles. The van der Waals surface area contributed by atoms with Crippen LogP contribution in [0.1, 0.15) is 11.1 Å². The van der Waals surface area contributed by atoms with E-state index >= 15 is 0 Å². The van der Waals surface area contributed by atoms with Crippen LogP contribution in [0.2, 0.25) is 0 Å². The summed E-state index contributed by atoms with van der Waals surface area (Å²) in [4.78, 5) is 16.8. The third-order valence-corrected chi connectivity index (χ3v) is 4.25. The summed E-state index contributed by atoms with van der Waals surface area (Å²) in [5.74, 6) is 1.29. The van der Waals surface area contributed by atoms with Crippen molar-refractivity contribution >= 4 is 22.6 Å². The number of fused-ring (bicyclic) bond motifs is 2. The number of imidazole rings is 1. The number of rotatable bonds is 3. The van der Waals surface area contributed by atoms with Gasteiger partial charge in [0.25, 0.3) is 0 Å². The Labute approximate surface area is 145 Å². The van der Waals surface area contributed by atoms with Crippen molar-refractivity contribution in [2.24, 2.45) is 0 Å². The number of carbonyl (C=O) groups is 1. The monoisotopic (exact) mass is 337 g/mol. The van der Waals surface area contributed by atoms with E-state index in [1.54, 1.807) is 6.33 Å². The van der Waals surface area contributed by atoms with Crippen LogP contribution in [0, 0.1) is 13.8 Å². The molecule has 0 unspecified atom stereocenters. The fourth-order valence-electron chi connectivity index (χ4n) is 3.02. The van der Waals surface area contributed by atoms with Gasteiger partial charge in [-0.2, -0.15) is 0 Å². The summed E-state index contributed by atoms with van der Waals surface area (Å²) in [6, 6.07) is 9.68. The maximum absolute atomic E-state index is 12.4. The molecule has 1 aromatic heterocycles. The lowest BCUT2D eigenvalue weighted by molar-refractivity contribution is -0.116. The molecule has 1 N–H and O–H groups in total. The van der Waals surface area contributed by atoms with Crippen molar-refractivity contribution < 1.29 is 14.3 Å². The number of ether oxygens (including phenoxy) is 2. The van der Waals surface area contributed by atoms with Crippen molar-refractivity contribution in [2.45, 2.75) is 20.4 Å². The second-order valence-electron chi connectivity index (χ2n) is 6.22. The summed E-state index contributed by atoms with van der Waals surface area (Å²) in [5.41, 5.74) is 4.67. The molecule has 1 aliphatic rings. The van der Waals surface area contributed by atoms with Crippen LogP contribution in [0.4, 0.5) is 5.69 Å². The molecule has 0 aliphatic carbocycles. The topological polar surface area (TPSA) is 65.4 Å². The number of anilines is 1. The highest BCUT2D eigenvalue weighted by atomic mass is 16.6. The zero-order chi connectivity index (χ0) is 17.4. The Kier molecular flexibility index (Phi) is 3.80. The van der Waals surface area contributed by atoms with E-state index < -0.39 is 0 Å². The molecule has 6 heteroatoms. The molecule has 25 heavy (non-hydrogen) atoms. The summed E-state index contributed by atoms with van der Waals surface area (Å²) in [6.07, 6.45) is 1.66. The molecule has 0 atom stereocenters. The Hall–Kier alpha value is -3.02. The van der Waals surface area contributed by atoms with Crippen LogP contribution in [0.3, 0.4) is 0 Å². The molecule has 0 radical (unpaired) electrons. The van der Waals surface area contributed by atoms with E-state index in [1.165, 1.54) is 5.56 Å². The molecule has 128 valence electrons. The predicted molar refractivity (Wildman–Crippen MR) is 95.3 cm³/mol. The van der Waals surface area contributed by atoms with Gasteiger partial charge in [0.15, 0.2) is 11.5 Å². The van der Waals surface area contributed by atoms with Gasteiger partial charge in [0.2, 0.25) is 5.91 Å². The quantitative estimate of drug-likeness (QED) is 0.798. The highest BCUT2D eigenvalue weighted by Gasteiger charge is 2.16. The van der Waals surface area contributed by atoms with Crippen molar-refractivity contribution in [1.82, 2.24) is 9.55 Å². The minimum Gasteiger partial charge on any atom is -0.486 e. The van der Waals surface area contributed by atoms with Gasteiger partial charge < -0.3 is 19.4 Å². The second-order valence-corrected chi connectivity index (χ2v) is 6.22. The number of aryl methyl sites for hydroxylation is 2. The lowest BCUT2D eigenvalue weighted by atomic mass is 10.1. The van der Waals surface area contributed by atoms with Crippen LogP contribution >= 0.6 is 0 Å². The normalized spacial score (nSPS) is 13.0. The minimum atomic E-state index is -0.0962. The van der Waals surface area contributed by atoms with Gasteiger partial charge in [-0.3, -0.25) is 4.79 Å². The standard InChI is InChI=1S/C19H19N3O3/c1-12-3-4-14(13(2)7-12)21-19(23)10-22-11-20-15-8-17-18(9-16(15)22)25-6-5-24-17/h3-4,7-9,11H,5-6,10H2,1-2H3,(H,21,23). The highest BCUT2D eigenvalue weighted by Crippen LogP contribution is 2.34. The Balaban J connectivity index is 1.56. The van der Waals surface area contributed by atoms with E-state index in [9.17, 15) is 4.79 Å². The zero-order valence-electron chi connectivity index (χ0n) is 14.2. The minimum absolute atomic E-state index is 0.0962. The van der Waals surface area contributed by atoms with Crippen LogP contribution < -0.4 is 14.8 Å². The van der Waals surface area contributed by atoms with Crippen molar-refractivity contribution in [3.05, 3.63) is 47.8 Å². The van der Waals surface area contributed by atoms with Gasteiger partial charge in [-0.1, -0.05) is 17.7 Å². The first-order chi connectivity index (χ1) is 12.1. The first-order valence-corrected chi connectivity index (χ1v) is 8.22. The first-order valence-electron chi connectivity index (χ1n) is 8.22. The molecule has 2 heterocycles. The Morgan fingerprint density at radius 2 is 1.92 bits per heavy atom. The van der Waals surface area contributed by atoms with Gasteiger partial charge in [0.1, 0.15) is 19.8 Å². The molecule has 2 aromatic carbocycles. The first kappa shape index (κ1) is 15.5. The van der Waals surface area contributed by atoms with E-state index in [4.69, 9.17) is 9.47 Å². The Bertz CT molecular complexity index is 962. The molecule has 0 saturated heterocycles. The number of aromatic nitrogens is 2. The highest BCUT2D eigenvalue weighted by molar-refractivity contribution is 5.92. The molecular weight excluding hydrogens is 318 g/mol. The lowest BCUT2D eigenvalue weighted by Crippen LogP contribution is -2.19. The Morgan fingerprint density at radius 3 is 2.68 bits per heavy atom. The van der Waals surface area contributed by atoms with Crippen LogP contribution in [0.15, 0.2) is 36.7 Å². The number of hydrogen-bond donors (Lipinski definition) is 1. The van der Waals surface area contributed by atoms with Crippen molar-refractivity contribution in [3.63, 3.8) is 0 Å². The summed E-state index contributed by atoms with van der Waals surface area (Å²) >= 11 is 0. The van der Waals surface area contributed by atoms with E-state index in [1.807, 2.05) is 48.7 Å². The van der Waals surface area contributed by atoms with E-state index in [0.717, 1.165) is 22.3 Å². The van der Waals surface area contributed by atoms with E-state index in [-0.39, 0.29) is 12.5 Å². The number of carbonyl (C=O) groups excluding carboxylic acids is 1. The molecule has 0 fully saturated rings. The summed E-state index contributed by atoms with van der Waals surface area (Å²) in [6.45, 7) is 5.27. The smallest absolute Gasteiger partial charge is 0.244 e. The molecule has 4 rings (SSSR count). The zero-order valence-corrected chi connectivity index (χ0v) is 14.2. The van der Waals surface area contributed by atoms with Crippen molar-refractivity contribution in [3.8, 4) is 11.5 Å². The number of hydrogen-bond acceptors (Lipinski definition) is 4. The molecule has 3 aromatic rings. The number of amides is 1. The van der Waals surface area contributed by atoms with Crippen LogP contribution in [0.25, 0.3) is 11.0 Å². The number of nitrogens with zero attached hydrogens (tertiary/aromatic N) is 2. The molecule has 0 spiro atoms. The maximum atomic E-state index is 12.4. The third kappa shape index (κ3) is 3.03. The number of nitrogens with one attached hydrogen (secondary N) is 1. The average Bonchev–Trinajstić information content (AvgIpc) is 2.97. The van der Waals surface area contributed by atoms with Gasteiger partial charge in [0, 0.05) is 17.8 Å². The second kappa shape index (κ2) is 6.12. The molecular formula is C19H19N3O3. The van der Waals surface area contributed by atoms with Crippen LogP contribution in [-0.2, 0) is 11.3 Å². The van der Waals surface area contributed by atoms with Gasteiger partial charge in [-0.05, 0) is 25.5 Å². The van der Waals surface area contributed by atoms with Crippen molar-refractivity contribution in [2.75, 3.05) is 18.5 Å².